The van der Waals surface area contributed by atoms with Gasteiger partial charge in [-0.1, -0.05) is 78.9 Å². The van der Waals surface area contributed by atoms with Gasteiger partial charge in [-0.2, -0.15) is 0 Å². The molecule has 0 spiro atoms. The number of hydrogen-bond donors (Lipinski definition) is 2. The van der Waals surface area contributed by atoms with Gasteiger partial charge in [-0.05, 0) is 30.3 Å². The minimum atomic E-state index is 0.381. The molecule has 0 unspecified atom stereocenters. The second-order valence-electron chi connectivity index (χ2n) is 6.50. The van der Waals surface area contributed by atoms with Crippen LogP contribution in [0.1, 0.15) is 17.2 Å². The Bertz CT molecular complexity index is 716. The largest absolute Gasteiger partial charge is 0.315 e. The number of likely N-dealkylation sites (tertiary alicyclic amines) is 1. The quantitative estimate of drug-likeness (QED) is 0.657. The summed E-state index contributed by atoms with van der Waals surface area (Å²) in [6.07, 6.45) is 0. The Kier molecular flexibility index (Phi) is 6.89. The molecule has 3 aromatic carbocycles. The van der Waals surface area contributed by atoms with Crippen LogP contribution >= 0.6 is 12.6 Å². The molecule has 134 valence electrons. The van der Waals surface area contributed by atoms with E-state index < -0.39 is 0 Å². The van der Waals surface area contributed by atoms with Gasteiger partial charge >= 0.3 is 0 Å². The van der Waals surface area contributed by atoms with Gasteiger partial charge in [-0.25, -0.2) is 0 Å². The van der Waals surface area contributed by atoms with Gasteiger partial charge in [0.15, 0.2) is 0 Å². The van der Waals surface area contributed by atoms with E-state index in [4.69, 9.17) is 0 Å². The summed E-state index contributed by atoms with van der Waals surface area (Å²) in [6, 6.07) is 32.4. The second kappa shape index (κ2) is 9.58. The van der Waals surface area contributed by atoms with Crippen molar-refractivity contribution in [1.82, 2.24) is 10.2 Å². The average Bonchev–Trinajstić information content (AvgIpc) is 2.67. The highest BCUT2D eigenvalue weighted by Crippen LogP contribution is 2.31. The maximum absolute atomic E-state index is 4.08. The van der Waals surface area contributed by atoms with E-state index >= 15 is 0 Å². The molecular formula is C23H26N2S. The lowest BCUT2D eigenvalue weighted by atomic mass is 9.93. The number of nitrogens with zero attached hydrogens (tertiary/aromatic N) is 1. The third-order valence-corrected chi connectivity index (χ3v) is 4.97. The van der Waals surface area contributed by atoms with Gasteiger partial charge in [-0.3, -0.25) is 4.90 Å². The summed E-state index contributed by atoms with van der Waals surface area (Å²) in [4.78, 5) is 3.55. The molecule has 2 nitrogen and oxygen atoms in total. The van der Waals surface area contributed by atoms with Gasteiger partial charge in [0.2, 0.25) is 0 Å². The van der Waals surface area contributed by atoms with Crippen LogP contribution in [0.5, 0.6) is 0 Å². The van der Waals surface area contributed by atoms with E-state index in [-0.39, 0.29) is 0 Å². The summed E-state index contributed by atoms with van der Waals surface area (Å²) in [5.41, 5.74) is 2.76. The van der Waals surface area contributed by atoms with Crippen LogP contribution in [0.3, 0.4) is 0 Å². The van der Waals surface area contributed by atoms with Crippen molar-refractivity contribution >= 4 is 12.6 Å². The lowest BCUT2D eigenvalue weighted by Crippen LogP contribution is -2.57. The van der Waals surface area contributed by atoms with Crippen LogP contribution in [0.2, 0.25) is 0 Å². The van der Waals surface area contributed by atoms with Crippen LogP contribution in [0.4, 0.5) is 0 Å². The van der Waals surface area contributed by atoms with Crippen molar-refractivity contribution in [3.63, 3.8) is 0 Å². The molecule has 0 amide bonds. The molecule has 0 saturated carbocycles. The van der Waals surface area contributed by atoms with Crippen molar-refractivity contribution in [2.24, 2.45) is 0 Å². The first-order chi connectivity index (χ1) is 12.8. The van der Waals surface area contributed by atoms with Crippen LogP contribution in [0.25, 0.3) is 0 Å². The standard InChI is InChI=1S/C17H20N2.C6H6S/c1-18-16-12-19(13-16)17(14-8-4-2-5-9-14)15-10-6-3-7-11-15;7-6-4-2-1-3-5-6/h2-11,16-18H,12-13H2,1H3;1-5,7H. The Morgan fingerprint density at radius 3 is 1.54 bits per heavy atom. The molecule has 1 fully saturated rings. The predicted molar refractivity (Wildman–Crippen MR) is 113 cm³/mol. The lowest BCUT2D eigenvalue weighted by molar-refractivity contribution is 0.0976. The Labute approximate surface area is 162 Å². The van der Waals surface area contributed by atoms with Crippen molar-refractivity contribution in [2.75, 3.05) is 20.1 Å². The number of thiol groups is 1. The van der Waals surface area contributed by atoms with Crippen molar-refractivity contribution in [2.45, 2.75) is 17.0 Å². The molecular weight excluding hydrogens is 336 g/mol. The molecule has 0 radical (unpaired) electrons. The van der Waals surface area contributed by atoms with Gasteiger partial charge in [0.25, 0.3) is 0 Å². The molecule has 1 aliphatic rings. The highest BCUT2D eigenvalue weighted by molar-refractivity contribution is 7.80. The SMILES string of the molecule is CNC1CN(C(c2ccccc2)c2ccccc2)C1.Sc1ccccc1. The van der Waals surface area contributed by atoms with Gasteiger partial charge in [-0.15, -0.1) is 12.6 Å². The molecule has 1 aliphatic heterocycles. The van der Waals surface area contributed by atoms with Crippen molar-refractivity contribution < 1.29 is 0 Å². The van der Waals surface area contributed by atoms with Gasteiger partial charge < -0.3 is 5.32 Å². The summed E-state index contributed by atoms with van der Waals surface area (Å²) in [5, 5.41) is 3.35. The highest BCUT2D eigenvalue weighted by Gasteiger charge is 2.32. The number of nitrogens with one attached hydrogen (secondary N) is 1. The topological polar surface area (TPSA) is 15.3 Å². The number of rotatable bonds is 4. The average molecular weight is 363 g/mol. The van der Waals surface area contributed by atoms with Crippen LogP contribution in [-0.2, 0) is 0 Å². The first-order valence-electron chi connectivity index (χ1n) is 9.03. The molecule has 0 aliphatic carbocycles. The maximum Gasteiger partial charge on any atom is 0.0602 e. The summed E-state index contributed by atoms with van der Waals surface area (Å²) < 4.78 is 0. The first kappa shape index (κ1) is 18.7. The number of hydrogen-bond acceptors (Lipinski definition) is 3. The Hall–Kier alpha value is -2.07. The fourth-order valence-corrected chi connectivity index (χ4v) is 3.39. The van der Waals surface area contributed by atoms with Crippen LogP contribution < -0.4 is 5.32 Å². The molecule has 26 heavy (non-hydrogen) atoms. The molecule has 0 bridgehead atoms. The predicted octanol–water partition coefficient (Wildman–Crippen LogP) is 4.65. The minimum absolute atomic E-state index is 0.381. The smallest absolute Gasteiger partial charge is 0.0602 e. The molecule has 4 rings (SSSR count). The number of likely N-dealkylation sites (N-methyl/N-ethyl adjacent to an activating group) is 1. The van der Waals surface area contributed by atoms with E-state index in [1.165, 1.54) is 11.1 Å². The summed E-state index contributed by atoms with van der Waals surface area (Å²) in [6.45, 7) is 2.23. The molecule has 0 atom stereocenters. The van der Waals surface area contributed by atoms with E-state index in [1.807, 2.05) is 37.4 Å². The van der Waals surface area contributed by atoms with Crippen molar-refractivity contribution in [1.29, 1.82) is 0 Å². The van der Waals surface area contributed by atoms with Crippen LogP contribution in [0, 0.1) is 0 Å². The second-order valence-corrected chi connectivity index (χ2v) is 7.02. The zero-order valence-electron chi connectivity index (χ0n) is 15.1. The third-order valence-electron chi connectivity index (χ3n) is 4.67. The Balaban J connectivity index is 0.000000236. The van der Waals surface area contributed by atoms with Gasteiger partial charge in [0.05, 0.1) is 6.04 Å². The summed E-state index contributed by atoms with van der Waals surface area (Å²) in [7, 11) is 2.04. The summed E-state index contributed by atoms with van der Waals surface area (Å²) >= 11 is 4.08. The monoisotopic (exact) mass is 362 g/mol. The number of benzene rings is 3. The van der Waals surface area contributed by atoms with E-state index in [0.29, 0.717) is 12.1 Å². The zero-order chi connectivity index (χ0) is 18.2. The fourth-order valence-electron chi connectivity index (χ4n) is 3.22. The maximum atomic E-state index is 4.08. The molecule has 3 heteroatoms. The van der Waals surface area contributed by atoms with Gasteiger partial charge in [0.1, 0.15) is 0 Å². The van der Waals surface area contributed by atoms with E-state index in [9.17, 15) is 0 Å². The summed E-state index contributed by atoms with van der Waals surface area (Å²) in [5.74, 6) is 0. The molecule has 3 aromatic rings. The first-order valence-corrected chi connectivity index (χ1v) is 9.48. The highest BCUT2D eigenvalue weighted by atomic mass is 32.1. The molecule has 0 aromatic heterocycles. The Morgan fingerprint density at radius 1 is 0.769 bits per heavy atom. The van der Waals surface area contributed by atoms with Gasteiger partial charge in [0, 0.05) is 24.0 Å². The third kappa shape index (κ3) is 4.98. The van der Waals surface area contributed by atoms with Crippen molar-refractivity contribution in [3.8, 4) is 0 Å². The zero-order valence-corrected chi connectivity index (χ0v) is 16.0. The molecule has 1 saturated heterocycles. The van der Waals surface area contributed by atoms with E-state index in [0.717, 1.165) is 18.0 Å². The fraction of sp³-hybridized carbons (Fsp3) is 0.217. The molecule has 1 heterocycles. The van der Waals surface area contributed by atoms with Crippen LogP contribution in [-0.4, -0.2) is 31.1 Å². The normalized spacial score (nSPS) is 14.4. The lowest BCUT2D eigenvalue weighted by Gasteiger charge is -2.44. The minimum Gasteiger partial charge on any atom is -0.315 e. The Morgan fingerprint density at radius 2 is 1.19 bits per heavy atom. The molecule has 1 N–H and O–H groups in total. The van der Waals surface area contributed by atoms with E-state index in [2.05, 4.69) is 83.5 Å². The van der Waals surface area contributed by atoms with E-state index in [1.54, 1.807) is 0 Å². The van der Waals surface area contributed by atoms with Crippen molar-refractivity contribution in [3.05, 3.63) is 102 Å². The van der Waals surface area contributed by atoms with Crippen LogP contribution in [0.15, 0.2) is 95.9 Å².